The van der Waals surface area contributed by atoms with Crippen LogP contribution in [0.5, 0.6) is 0 Å². The molecule has 0 aliphatic carbocycles. The first-order valence-corrected chi connectivity index (χ1v) is 10.3. The molecule has 0 spiro atoms. The van der Waals surface area contributed by atoms with Crippen LogP contribution in [0.25, 0.3) is 5.69 Å². The molecule has 0 radical (unpaired) electrons. The van der Waals surface area contributed by atoms with Gasteiger partial charge in [0.2, 0.25) is 0 Å². The predicted octanol–water partition coefficient (Wildman–Crippen LogP) is 6.41. The Labute approximate surface area is 184 Å². The molecule has 0 saturated carbocycles. The summed E-state index contributed by atoms with van der Waals surface area (Å²) >= 11 is 6.59. The van der Waals surface area contributed by atoms with Crippen molar-refractivity contribution in [2.75, 3.05) is 5.32 Å². The molecular weight excluding hydrogens is 413 g/mol. The lowest BCUT2D eigenvalue weighted by molar-refractivity contribution is 0.194. The summed E-state index contributed by atoms with van der Waals surface area (Å²) in [5.74, 6) is -0.353. The zero-order chi connectivity index (χ0) is 21.4. The molecule has 5 rings (SSSR count). The SMILES string of the molecule is O=C(Nc1ccc(F)cc1)N1Cc2ccccc2-n2cccc2C1c1ccccc1Cl. The van der Waals surface area contributed by atoms with Gasteiger partial charge in [-0.1, -0.05) is 48.0 Å². The lowest BCUT2D eigenvalue weighted by Gasteiger charge is -2.31. The second kappa shape index (κ2) is 7.93. The van der Waals surface area contributed by atoms with Gasteiger partial charge in [0.15, 0.2) is 0 Å². The van der Waals surface area contributed by atoms with Gasteiger partial charge in [0.25, 0.3) is 0 Å². The first-order valence-electron chi connectivity index (χ1n) is 9.95. The molecule has 1 aliphatic heterocycles. The van der Waals surface area contributed by atoms with E-state index in [-0.39, 0.29) is 11.8 Å². The first kappa shape index (κ1) is 19.4. The Kier molecular flexibility index (Phi) is 4.96. The van der Waals surface area contributed by atoms with Gasteiger partial charge >= 0.3 is 6.03 Å². The molecule has 1 aliphatic rings. The maximum absolute atomic E-state index is 13.5. The Morgan fingerprint density at radius 3 is 2.48 bits per heavy atom. The number of aromatic nitrogens is 1. The van der Waals surface area contributed by atoms with Crippen molar-refractivity contribution < 1.29 is 9.18 Å². The fraction of sp³-hybridized carbons (Fsp3) is 0.0800. The van der Waals surface area contributed by atoms with Crippen molar-refractivity contribution in [3.05, 3.63) is 119 Å². The van der Waals surface area contributed by atoms with Gasteiger partial charge in [-0.3, -0.25) is 0 Å². The number of hydrogen-bond donors (Lipinski definition) is 1. The molecule has 1 aromatic heterocycles. The Balaban J connectivity index is 1.64. The number of nitrogens with zero attached hydrogens (tertiary/aromatic N) is 2. The molecule has 6 heteroatoms. The van der Waals surface area contributed by atoms with Crippen LogP contribution in [0.1, 0.15) is 22.9 Å². The third-order valence-electron chi connectivity index (χ3n) is 5.52. The largest absolute Gasteiger partial charge is 0.322 e. The standard InChI is InChI=1S/C25H19ClFN3O/c26-21-8-3-2-7-20(21)24-23-10-5-15-29(23)22-9-4-1-6-17(22)16-30(24)25(31)28-19-13-11-18(27)12-14-19/h1-15,24H,16H2,(H,28,31). The Bertz CT molecular complexity index is 1250. The van der Waals surface area contributed by atoms with E-state index in [9.17, 15) is 9.18 Å². The quantitative estimate of drug-likeness (QED) is 0.391. The van der Waals surface area contributed by atoms with E-state index in [4.69, 9.17) is 11.6 Å². The number of carbonyl (C=O) groups is 1. The maximum Gasteiger partial charge on any atom is 0.322 e. The van der Waals surface area contributed by atoms with Crippen molar-refractivity contribution in [1.82, 2.24) is 9.47 Å². The van der Waals surface area contributed by atoms with Crippen molar-refractivity contribution in [2.45, 2.75) is 12.6 Å². The van der Waals surface area contributed by atoms with E-state index >= 15 is 0 Å². The Morgan fingerprint density at radius 1 is 0.935 bits per heavy atom. The number of fused-ring (bicyclic) bond motifs is 3. The maximum atomic E-state index is 13.5. The predicted molar refractivity (Wildman–Crippen MR) is 120 cm³/mol. The van der Waals surface area contributed by atoms with E-state index in [1.165, 1.54) is 12.1 Å². The highest BCUT2D eigenvalue weighted by molar-refractivity contribution is 6.31. The lowest BCUT2D eigenvalue weighted by Crippen LogP contribution is -2.38. The van der Waals surface area contributed by atoms with E-state index in [0.717, 1.165) is 22.5 Å². The average Bonchev–Trinajstić information content (AvgIpc) is 3.21. The van der Waals surface area contributed by atoms with Gasteiger partial charge in [-0.15, -0.1) is 0 Å². The number of halogens is 2. The summed E-state index contributed by atoms with van der Waals surface area (Å²) in [6, 6.07) is 24.6. The van der Waals surface area contributed by atoms with Gasteiger partial charge in [-0.25, -0.2) is 9.18 Å². The summed E-state index contributed by atoms with van der Waals surface area (Å²) in [6.45, 7) is 0.390. The van der Waals surface area contributed by atoms with Crippen LogP contribution in [0.4, 0.5) is 14.9 Å². The summed E-state index contributed by atoms with van der Waals surface area (Å²) in [7, 11) is 0. The molecule has 154 valence electrons. The summed E-state index contributed by atoms with van der Waals surface area (Å²) in [5.41, 5.74) is 4.34. The van der Waals surface area contributed by atoms with Crippen molar-refractivity contribution in [3.8, 4) is 5.69 Å². The van der Waals surface area contributed by atoms with E-state index < -0.39 is 6.04 Å². The van der Waals surface area contributed by atoms with Crippen LogP contribution in [0.3, 0.4) is 0 Å². The molecule has 0 bridgehead atoms. The second-order valence-corrected chi connectivity index (χ2v) is 7.83. The lowest BCUT2D eigenvalue weighted by atomic mass is 10.0. The van der Waals surface area contributed by atoms with Gasteiger partial charge in [0.1, 0.15) is 11.9 Å². The minimum Gasteiger partial charge on any atom is -0.318 e. The van der Waals surface area contributed by atoms with E-state index in [1.807, 2.05) is 66.9 Å². The molecule has 0 saturated heterocycles. The van der Waals surface area contributed by atoms with Gasteiger partial charge in [-0.05, 0) is 59.7 Å². The van der Waals surface area contributed by atoms with Crippen LogP contribution in [0, 0.1) is 5.82 Å². The van der Waals surface area contributed by atoms with Crippen molar-refractivity contribution in [1.29, 1.82) is 0 Å². The van der Waals surface area contributed by atoms with E-state index in [2.05, 4.69) is 9.88 Å². The minimum atomic E-state index is -0.406. The molecule has 1 atom stereocenters. The Hall–Kier alpha value is -3.57. The van der Waals surface area contributed by atoms with Crippen LogP contribution in [-0.4, -0.2) is 15.5 Å². The van der Waals surface area contributed by atoms with Crippen LogP contribution < -0.4 is 5.32 Å². The minimum absolute atomic E-state index is 0.291. The molecule has 2 amide bonds. The number of amides is 2. The number of urea groups is 1. The summed E-state index contributed by atoms with van der Waals surface area (Å²) in [6.07, 6.45) is 2.00. The topological polar surface area (TPSA) is 37.3 Å². The van der Waals surface area contributed by atoms with Crippen LogP contribution in [0.2, 0.25) is 5.02 Å². The van der Waals surface area contributed by atoms with E-state index in [1.54, 1.807) is 17.0 Å². The smallest absolute Gasteiger partial charge is 0.318 e. The van der Waals surface area contributed by atoms with E-state index in [0.29, 0.717) is 17.3 Å². The molecule has 4 aromatic rings. The van der Waals surface area contributed by atoms with Crippen LogP contribution in [-0.2, 0) is 6.54 Å². The van der Waals surface area contributed by atoms with Gasteiger partial charge < -0.3 is 14.8 Å². The fourth-order valence-corrected chi connectivity index (χ4v) is 4.33. The molecule has 2 heterocycles. The molecule has 31 heavy (non-hydrogen) atoms. The monoisotopic (exact) mass is 431 g/mol. The summed E-state index contributed by atoms with van der Waals surface area (Å²) in [4.78, 5) is 15.3. The summed E-state index contributed by atoms with van der Waals surface area (Å²) in [5, 5.41) is 3.50. The normalized spacial score (nSPS) is 15.0. The molecule has 1 N–H and O–H groups in total. The second-order valence-electron chi connectivity index (χ2n) is 7.42. The third-order valence-corrected chi connectivity index (χ3v) is 5.86. The molecular formula is C25H19ClFN3O. The fourth-order valence-electron chi connectivity index (χ4n) is 4.09. The number of hydrogen-bond acceptors (Lipinski definition) is 1. The molecule has 3 aromatic carbocycles. The molecule has 0 fully saturated rings. The van der Waals surface area contributed by atoms with Crippen LogP contribution >= 0.6 is 11.6 Å². The highest BCUT2D eigenvalue weighted by Gasteiger charge is 2.34. The molecule has 4 nitrogen and oxygen atoms in total. The Morgan fingerprint density at radius 2 is 1.68 bits per heavy atom. The first-order chi connectivity index (χ1) is 15.1. The summed E-state index contributed by atoms with van der Waals surface area (Å²) < 4.78 is 15.4. The van der Waals surface area contributed by atoms with Crippen molar-refractivity contribution >= 4 is 23.3 Å². The number of benzene rings is 3. The van der Waals surface area contributed by atoms with Gasteiger partial charge in [-0.2, -0.15) is 0 Å². The van der Waals surface area contributed by atoms with Gasteiger partial charge in [0.05, 0.1) is 17.9 Å². The number of rotatable bonds is 2. The van der Waals surface area contributed by atoms with Crippen molar-refractivity contribution in [2.24, 2.45) is 0 Å². The third kappa shape index (κ3) is 3.57. The van der Waals surface area contributed by atoms with Crippen LogP contribution in [0.15, 0.2) is 91.1 Å². The van der Waals surface area contributed by atoms with Crippen molar-refractivity contribution in [3.63, 3.8) is 0 Å². The zero-order valence-corrected chi connectivity index (χ0v) is 17.3. The number of anilines is 1. The highest BCUT2D eigenvalue weighted by atomic mass is 35.5. The number of para-hydroxylation sites is 1. The highest BCUT2D eigenvalue weighted by Crippen LogP contribution is 2.39. The zero-order valence-electron chi connectivity index (χ0n) is 16.5. The number of carbonyl (C=O) groups excluding carboxylic acids is 1. The number of nitrogens with one attached hydrogen (secondary N) is 1. The van der Waals surface area contributed by atoms with Gasteiger partial charge in [0, 0.05) is 16.9 Å². The average molecular weight is 432 g/mol. The molecule has 1 unspecified atom stereocenters.